The van der Waals surface area contributed by atoms with Gasteiger partial charge in [0.1, 0.15) is 6.61 Å². The van der Waals surface area contributed by atoms with Crippen molar-refractivity contribution in [1.29, 1.82) is 0 Å². The maximum Gasteiger partial charge on any atom is 0.312 e. The number of rotatable bonds is 6. The van der Waals surface area contributed by atoms with Crippen molar-refractivity contribution in [1.82, 2.24) is 5.32 Å². The maximum absolute atomic E-state index is 10.9. The van der Waals surface area contributed by atoms with Crippen LogP contribution in [0.2, 0.25) is 5.02 Å². The van der Waals surface area contributed by atoms with Crippen molar-refractivity contribution in [3.63, 3.8) is 0 Å². The van der Waals surface area contributed by atoms with Gasteiger partial charge in [0.15, 0.2) is 0 Å². The minimum absolute atomic E-state index is 0.0284. The van der Waals surface area contributed by atoms with Gasteiger partial charge < -0.3 is 10.1 Å². The first-order valence-electron chi connectivity index (χ1n) is 6.18. The molecule has 1 rings (SSSR count). The number of halogens is 1. The number of nitrogens with one attached hydrogen (secondary N) is 1. The fourth-order valence-corrected chi connectivity index (χ4v) is 1.62. The first-order chi connectivity index (χ1) is 9.20. The fraction of sp³-hybridized carbons (Fsp3) is 0.429. The van der Waals surface area contributed by atoms with Gasteiger partial charge in [0.2, 0.25) is 5.75 Å². The van der Waals surface area contributed by atoms with Gasteiger partial charge in [-0.25, -0.2) is 0 Å². The predicted octanol–water partition coefficient (Wildman–Crippen LogP) is 3.57. The lowest BCUT2D eigenvalue weighted by molar-refractivity contribution is -0.385. The van der Waals surface area contributed by atoms with Gasteiger partial charge in [0.25, 0.3) is 0 Å². The van der Waals surface area contributed by atoms with Crippen molar-refractivity contribution in [3.8, 4) is 5.75 Å². The van der Waals surface area contributed by atoms with Gasteiger partial charge in [-0.1, -0.05) is 24.2 Å². The van der Waals surface area contributed by atoms with E-state index in [1.807, 2.05) is 20.8 Å². The van der Waals surface area contributed by atoms with E-state index in [1.165, 1.54) is 12.1 Å². The lowest BCUT2D eigenvalue weighted by atomic mass is 10.1. The minimum Gasteiger partial charge on any atom is -0.481 e. The molecule has 0 aliphatic heterocycles. The highest BCUT2D eigenvalue weighted by molar-refractivity contribution is 6.32. The average Bonchev–Trinajstić information content (AvgIpc) is 2.33. The smallest absolute Gasteiger partial charge is 0.312 e. The molecule has 0 atom stereocenters. The average molecular weight is 299 g/mol. The zero-order chi connectivity index (χ0) is 15.3. The largest absolute Gasteiger partial charge is 0.481 e. The van der Waals surface area contributed by atoms with Gasteiger partial charge in [-0.05, 0) is 32.4 Å². The van der Waals surface area contributed by atoms with E-state index in [-0.39, 0.29) is 28.6 Å². The molecule has 0 unspecified atom stereocenters. The lowest BCUT2D eigenvalue weighted by Crippen LogP contribution is -2.37. The van der Waals surface area contributed by atoms with Crippen LogP contribution in [-0.4, -0.2) is 23.6 Å². The number of benzene rings is 1. The Morgan fingerprint density at radius 1 is 1.50 bits per heavy atom. The molecule has 0 aliphatic rings. The van der Waals surface area contributed by atoms with Crippen LogP contribution in [-0.2, 0) is 0 Å². The summed E-state index contributed by atoms with van der Waals surface area (Å²) >= 11 is 5.93. The molecule has 0 saturated carbocycles. The van der Waals surface area contributed by atoms with E-state index in [0.29, 0.717) is 6.54 Å². The molecule has 1 aromatic rings. The first kappa shape index (κ1) is 16.5. The Labute approximate surface area is 123 Å². The van der Waals surface area contributed by atoms with Gasteiger partial charge in [-0.2, -0.15) is 0 Å². The van der Waals surface area contributed by atoms with Crippen LogP contribution in [0.3, 0.4) is 0 Å². The molecule has 0 spiro atoms. The van der Waals surface area contributed by atoms with Crippen LogP contribution in [0, 0.1) is 10.1 Å². The summed E-state index contributed by atoms with van der Waals surface area (Å²) < 4.78 is 5.44. The SMILES string of the molecule is C=C(CNC(C)(C)C)COc1c(Cl)cccc1[N+](=O)[O-]. The molecule has 0 aromatic heterocycles. The van der Waals surface area contributed by atoms with Gasteiger partial charge in [-0.15, -0.1) is 0 Å². The summed E-state index contributed by atoms with van der Waals surface area (Å²) in [6.45, 7) is 10.7. The molecular weight excluding hydrogens is 280 g/mol. The number of hydrogen-bond donors (Lipinski definition) is 1. The molecule has 0 saturated heterocycles. The summed E-state index contributed by atoms with van der Waals surface area (Å²) in [6, 6.07) is 4.43. The van der Waals surface area contributed by atoms with E-state index in [0.717, 1.165) is 5.57 Å². The molecule has 0 aliphatic carbocycles. The second kappa shape index (κ2) is 6.72. The van der Waals surface area contributed by atoms with E-state index >= 15 is 0 Å². The highest BCUT2D eigenvalue weighted by Gasteiger charge is 2.18. The molecule has 0 amide bonds. The fourth-order valence-electron chi connectivity index (χ4n) is 1.40. The van der Waals surface area contributed by atoms with Crippen molar-refractivity contribution < 1.29 is 9.66 Å². The van der Waals surface area contributed by atoms with Gasteiger partial charge in [0, 0.05) is 18.2 Å². The Balaban J connectivity index is 2.66. The third-order valence-corrected chi connectivity index (χ3v) is 2.73. The number of nitrogens with zero attached hydrogens (tertiary/aromatic N) is 1. The molecule has 110 valence electrons. The summed E-state index contributed by atoms with van der Waals surface area (Å²) in [5, 5.41) is 14.4. The lowest BCUT2D eigenvalue weighted by Gasteiger charge is -2.21. The summed E-state index contributed by atoms with van der Waals surface area (Å²) in [7, 11) is 0. The van der Waals surface area contributed by atoms with E-state index in [9.17, 15) is 10.1 Å². The number of nitro groups is 1. The highest BCUT2D eigenvalue weighted by Crippen LogP contribution is 2.34. The van der Waals surface area contributed by atoms with Gasteiger partial charge in [0.05, 0.1) is 9.95 Å². The van der Waals surface area contributed by atoms with Crippen LogP contribution in [0.1, 0.15) is 20.8 Å². The molecule has 0 bridgehead atoms. The molecule has 1 aromatic carbocycles. The molecule has 5 nitrogen and oxygen atoms in total. The number of nitro benzene ring substituents is 1. The summed E-state index contributed by atoms with van der Waals surface area (Å²) in [5.41, 5.74) is 0.613. The van der Waals surface area contributed by atoms with Crippen LogP contribution in [0.15, 0.2) is 30.4 Å². The Kier molecular flexibility index (Phi) is 5.53. The monoisotopic (exact) mass is 298 g/mol. The summed E-state index contributed by atoms with van der Waals surface area (Å²) in [6.07, 6.45) is 0. The normalized spacial score (nSPS) is 11.2. The topological polar surface area (TPSA) is 64.4 Å². The zero-order valence-corrected chi connectivity index (χ0v) is 12.7. The van der Waals surface area contributed by atoms with E-state index in [1.54, 1.807) is 6.07 Å². The Morgan fingerprint density at radius 3 is 2.70 bits per heavy atom. The summed E-state index contributed by atoms with van der Waals surface area (Å²) in [4.78, 5) is 10.4. The second-order valence-corrected chi connectivity index (χ2v) is 5.89. The molecule has 6 heteroatoms. The predicted molar refractivity (Wildman–Crippen MR) is 80.5 cm³/mol. The van der Waals surface area contributed by atoms with Crippen molar-refractivity contribution in [2.45, 2.75) is 26.3 Å². The van der Waals surface area contributed by atoms with Gasteiger partial charge in [-0.3, -0.25) is 10.1 Å². The van der Waals surface area contributed by atoms with Crippen LogP contribution in [0.4, 0.5) is 5.69 Å². The molecular formula is C14H19ClN2O3. The van der Waals surface area contributed by atoms with E-state index in [4.69, 9.17) is 16.3 Å². The maximum atomic E-state index is 10.9. The zero-order valence-electron chi connectivity index (χ0n) is 11.9. The standard InChI is InChI=1S/C14H19ClN2O3/c1-10(8-16-14(2,3)4)9-20-13-11(15)6-5-7-12(13)17(18)19/h5-7,16H,1,8-9H2,2-4H3. The van der Waals surface area contributed by atoms with E-state index < -0.39 is 4.92 Å². The first-order valence-corrected chi connectivity index (χ1v) is 6.56. The number of ether oxygens (including phenoxy) is 1. The number of hydrogen-bond acceptors (Lipinski definition) is 4. The van der Waals surface area contributed by atoms with Crippen molar-refractivity contribution in [3.05, 3.63) is 45.5 Å². The summed E-state index contributed by atoms with van der Waals surface area (Å²) in [5.74, 6) is 0.0797. The number of para-hydroxylation sites is 1. The third kappa shape index (κ3) is 5.19. The Hall–Kier alpha value is -1.59. The van der Waals surface area contributed by atoms with Crippen molar-refractivity contribution in [2.24, 2.45) is 0 Å². The molecule has 0 radical (unpaired) electrons. The molecule has 0 fully saturated rings. The molecule has 20 heavy (non-hydrogen) atoms. The van der Waals surface area contributed by atoms with Crippen LogP contribution in [0.25, 0.3) is 0 Å². The Morgan fingerprint density at radius 2 is 2.15 bits per heavy atom. The van der Waals surface area contributed by atoms with Crippen LogP contribution >= 0.6 is 11.6 Å². The second-order valence-electron chi connectivity index (χ2n) is 5.49. The molecule has 1 N–H and O–H groups in total. The third-order valence-electron chi connectivity index (χ3n) is 2.43. The van der Waals surface area contributed by atoms with Crippen molar-refractivity contribution >= 4 is 17.3 Å². The minimum atomic E-state index is -0.516. The highest BCUT2D eigenvalue weighted by atomic mass is 35.5. The molecule has 0 heterocycles. The quantitative estimate of drug-likeness (QED) is 0.495. The van der Waals surface area contributed by atoms with E-state index in [2.05, 4.69) is 11.9 Å². The van der Waals surface area contributed by atoms with Crippen LogP contribution < -0.4 is 10.1 Å². The van der Waals surface area contributed by atoms with Crippen molar-refractivity contribution in [2.75, 3.05) is 13.2 Å². The Bertz CT molecular complexity index is 510. The van der Waals surface area contributed by atoms with Crippen LogP contribution in [0.5, 0.6) is 5.75 Å². The van der Waals surface area contributed by atoms with Gasteiger partial charge >= 0.3 is 5.69 Å².